The summed E-state index contributed by atoms with van der Waals surface area (Å²) < 4.78 is 10.7. The Morgan fingerprint density at radius 2 is 1.64 bits per heavy atom. The van der Waals surface area contributed by atoms with Gasteiger partial charge in [-0.25, -0.2) is 0 Å². The number of rotatable bonds is 4. The van der Waals surface area contributed by atoms with Gasteiger partial charge in [-0.15, -0.1) is 0 Å². The molecule has 0 saturated carbocycles. The van der Waals surface area contributed by atoms with Crippen molar-refractivity contribution in [1.82, 2.24) is 9.80 Å². The number of hydrogen-bond acceptors (Lipinski definition) is 5. The summed E-state index contributed by atoms with van der Waals surface area (Å²) in [6.07, 6.45) is 1.68. The minimum atomic E-state index is 0.121. The molecule has 22 heavy (non-hydrogen) atoms. The van der Waals surface area contributed by atoms with Crippen LogP contribution < -0.4 is 0 Å². The smallest absolute Gasteiger partial charge is 0.225 e. The van der Waals surface area contributed by atoms with Crippen molar-refractivity contribution in [2.75, 3.05) is 65.8 Å². The van der Waals surface area contributed by atoms with Gasteiger partial charge in [0.15, 0.2) is 0 Å². The fraction of sp³-hybridized carbons (Fsp3) is 0.938. The SMILES string of the molecule is O=C(C1CCOCC1)N1C[C@@H](CN2CCOCC2)[C@@H](CO)C1. The summed E-state index contributed by atoms with van der Waals surface area (Å²) in [5, 5.41) is 9.67. The number of carbonyl (C=O) groups is 1. The fourth-order valence-electron chi connectivity index (χ4n) is 3.85. The molecule has 0 bridgehead atoms. The maximum Gasteiger partial charge on any atom is 0.225 e. The lowest BCUT2D eigenvalue weighted by Gasteiger charge is -2.30. The molecule has 0 aromatic carbocycles. The van der Waals surface area contributed by atoms with Crippen molar-refractivity contribution in [2.24, 2.45) is 17.8 Å². The van der Waals surface area contributed by atoms with Crippen molar-refractivity contribution in [1.29, 1.82) is 0 Å². The van der Waals surface area contributed by atoms with Crippen LogP contribution in [0.25, 0.3) is 0 Å². The monoisotopic (exact) mass is 312 g/mol. The predicted octanol–water partition coefficient (Wildman–Crippen LogP) is -0.188. The summed E-state index contributed by atoms with van der Waals surface area (Å²) in [5.41, 5.74) is 0. The molecule has 3 aliphatic rings. The van der Waals surface area contributed by atoms with Crippen LogP contribution in [0.3, 0.4) is 0 Å². The maximum atomic E-state index is 12.7. The quantitative estimate of drug-likeness (QED) is 0.780. The molecule has 0 spiro atoms. The second-order valence-corrected chi connectivity index (χ2v) is 6.75. The highest BCUT2D eigenvalue weighted by molar-refractivity contribution is 5.79. The molecule has 0 aromatic heterocycles. The van der Waals surface area contributed by atoms with E-state index in [0.717, 1.165) is 52.2 Å². The number of morpholine rings is 1. The van der Waals surface area contributed by atoms with Crippen LogP contribution in [0.1, 0.15) is 12.8 Å². The molecular formula is C16H28N2O4. The Kier molecular flexibility index (Phi) is 5.68. The first kappa shape index (κ1) is 16.2. The van der Waals surface area contributed by atoms with E-state index in [1.807, 2.05) is 4.90 Å². The van der Waals surface area contributed by atoms with Gasteiger partial charge in [-0.05, 0) is 18.8 Å². The van der Waals surface area contributed by atoms with Gasteiger partial charge in [0.25, 0.3) is 0 Å². The maximum absolute atomic E-state index is 12.7. The third-order valence-electron chi connectivity index (χ3n) is 5.29. The summed E-state index contributed by atoms with van der Waals surface area (Å²) in [6, 6.07) is 0. The second kappa shape index (κ2) is 7.73. The van der Waals surface area contributed by atoms with Crippen LogP contribution in [0.15, 0.2) is 0 Å². The molecular weight excluding hydrogens is 284 g/mol. The summed E-state index contributed by atoms with van der Waals surface area (Å²) in [6.45, 7) is 7.54. The van der Waals surface area contributed by atoms with E-state index < -0.39 is 0 Å². The van der Waals surface area contributed by atoms with E-state index in [4.69, 9.17) is 9.47 Å². The molecule has 6 nitrogen and oxygen atoms in total. The minimum Gasteiger partial charge on any atom is -0.396 e. The molecule has 0 unspecified atom stereocenters. The molecule has 2 atom stereocenters. The van der Waals surface area contributed by atoms with Gasteiger partial charge in [0.05, 0.1) is 13.2 Å². The summed E-state index contributed by atoms with van der Waals surface area (Å²) in [7, 11) is 0. The largest absolute Gasteiger partial charge is 0.396 e. The number of ether oxygens (including phenoxy) is 2. The van der Waals surface area contributed by atoms with Gasteiger partial charge in [0, 0.05) is 64.4 Å². The van der Waals surface area contributed by atoms with Crippen LogP contribution in [-0.2, 0) is 14.3 Å². The lowest BCUT2D eigenvalue weighted by atomic mass is 9.96. The molecule has 1 amide bonds. The number of aliphatic hydroxyl groups is 1. The van der Waals surface area contributed by atoms with Gasteiger partial charge in [-0.3, -0.25) is 9.69 Å². The van der Waals surface area contributed by atoms with E-state index >= 15 is 0 Å². The lowest BCUT2D eigenvalue weighted by Crippen LogP contribution is -2.41. The van der Waals surface area contributed by atoms with E-state index in [1.165, 1.54) is 0 Å². The van der Waals surface area contributed by atoms with Gasteiger partial charge in [-0.1, -0.05) is 0 Å². The molecule has 1 N–H and O–H groups in total. The van der Waals surface area contributed by atoms with Crippen LogP contribution in [0.5, 0.6) is 0 Å². The number of carbonyl (C=O) groups excluding carboxylic acids is 1. The zero-order chi connectivity index (χ0) is 15.4. The number of nitrogens with zero attached hydrogens (tertiary/aromatic N) is 2. The van der Waals surface area contributed by atoms with Crippen molar-refractivity contribution < 1.29 is 19.4 Å². The van der Waals surface area contributed by atoms with Gasteiger partial charge in [0.2, 0.25) is 5.91 Å². The molecule has 3 rings (SSSR count). The Hall–Kier alpha value is -0.690. The summed E-state index contributed by atoms with van der Waals surface area (Å²) in [4.78, 5) is 17.0. The van der Waals surface area contributed by atoms with E-state index in [1.54, 1.807) is 0 Å². The molecule has 3 fully saturated rings. The van der Waals surface area contributed by atoms with Crippen molar-refractivity contribution >= 4 is 5.91 Å². The van der Waals surface area contributed by atoms with Crippen LogP contribution in [-0.4, -0.2) is 86.6 Å². The zero-order valence-corrected chi connectivity index (χ0v) is 13.3. The molecule has 0 radical (unpaired) electrons. The Balaban J connectivity index is 1.54. The van der Waals surface area contributed by atoms with E-state index in [0.29, 0.717) is 25.7 Å². The Labute approximate surface area is 132 Å². The van der Waals surface area contributed by atoms with Crippen molar-refractivity contribution in [3.63, 3.8) is 0 Å². The molecule has 6 heteroatoms. The van der Waals surface area contributed by atoms with E-state index in [9.17, 15) is 9.90 Å². The van der Waals surface area contributed by atoms with Gasteiger partial charge in [-0.2, -0.15) is 0 Å². The standard InChI is InChI=1S/C16H28N2O4/c19-12-15-11-18(16(20)13-1-5-21-6-2-13)10-14(15)9-17-3-7-22-8-4-17/h13-15,19H,1-12H2/t14-,15-/m1/s1. The van der Waals surface area contributed by atoms with Gasteiger partial charge >= 0.3 is 0 Å². The predicted molar refractivity (Wildman–Crippen MR) is 81.4 cm³/mol. The Bertz CT molecular complexity index is 367. The van der Waals surface area contributed by atoms with Crippen molar-refractivity contribution in [3.05, 3.63) is 0 Å². The van der Waals surface area contributed by atoms with Crippen LogP contribution in [0, 0.1) is 17.8 Å². The molecule has 3 aliphatic heterocycles. The van der Waals surface area contributed by atoms with Gasteiger partial charge in [0.1, 0.15) is 0 Å². The highest BCUT2D eigenvalue weighted by Crippen LogP contribution is 2.28. The summed E-state index contributed by atoms with van der Waals surface area (Å²) >= 11 is 0. The Morgan fingerprint density at radius 3 is 2.32 bits per heavy atom. The third-order valence-corrected chi connectivity index (χ3v) is 5.29. The first-order valence-electron chi connectivity index (χ1n) is 8.55. The second-order valence-electron chi connectivity index (χ2n) is 6.75. The average Bonchev–Trinajstić information content (AvgIpc) is 2.99. The molecule has 0 aromatic rings. The molecule has 0 aliphatic carbocycles. The van der Waals surface area contributed by atoms with Crippen molar-refractivity contribution in [2.45, 2.75) is 12.8 Å². The normalized spacial score (nSPS) is 31.6. The molecule has 126 valence electrons. The average molecular weight is 312 g/mol. The number of amides is 1. The molecule has 3 saturated heterocycles. The minimum absolute atomic E-state index is 0.121. The highest BCUT2D eigenvalue weighted by Gasteiger charge is 2.38. The highest BCUT2D eigenvalue weighted by atomic mass is 16.5. The zero-order valence-electron chi connectivity index (χ0n) is 13.3. The van der Waals surface area contributed by atoms with E-state index in [-0.39, 0.29) is 24.3 Å². The van der Waals surface area contributed by atoms with Gasteiger partial charge < -0.3 is 19.5 Å². The Morgan fingerprint density at radius 1 is 1.00 bits per heavy atom. The first-order valence-corrected chi connectivity index (χ1v) is 8.55. The third kappa shape index (κ3) is 3.79. The summed E-state index contributed by atoms with van der Waals surface area (Å²) in [5.74, 6) is 0.986. The topological polar surface area (TPSA) is 62.2 Å². The number of likely N-dealkylation sites (tertiary alicyclic amines) is 1. The molecule has 3 heterocycles. The van der Waals surface area contributed by atoms with E-state index in [2.05, 4.69) is 4.90 Å². The fourth-order valence-corrected chi connectivity index (χ4v) is 3.85. The number of hydrogen-bond donors (Lipinski definition) is 1. The first-order chi connectivity index (χ1) is 10.8. The lowest BCUT2D eigenvalue weighted by molar-refractivity contribution is -0.137. The van der Waals surface area contributed by atoms with Crippen LogP contribution >= 0.6 is 0 Å². The van der Waals surface area contributed by atoms with Crippen molar-refractivity contribution in [3.8, 4) is 0 Å². The number of aliphatic hydroxyl groups excluding tert-OH is 1. The van der Waals surface area contributed by atoms with Crippen LogP contribution in [0.2, 0.25) is 0 Å². The van der Waals surface area contributed by atoms with Crippen LogP contribution in [0.4, 0.5) is 0 Å².